The van der Waals surface area contributed by atoms with Crippen LogP contribution in [0, 0.1) is 5.92 Å². The van der Waals surface area contributed by atoms with Crippen molar-refractivity contribution >= 4 is 15.9 Å². The zero-order chi connectivity index (χ0) is 16.2. The van der Waals surface area contributed by atoms with E-state index in [0.717, 1.165) is 17.8 Å². The number of H-pyrrole nitrogens is 1. The Bertz CT molecular complexity index is 609. The average Bonchev–Trinajstić information content (AvgIpc) is 2.95. The van der Waals surface area contributed by atoms with E-state index in [9.17, 15) is 13.2 Å². The number of rotatable bonds is 7. The van der Waals surface area contributed by atoms with Crippen molar-refractivity contribution < 1.29 is 13.2 Å². The lowest BCUT2D eigenvalue weighted by Crippen LogP contribution is -2.40. The first-order valence-electron chi connectivity index (χ1n) is 7.62. The van der Waals surface area contributed by atoms with Gasteiger partial charge in [-0.3, -0.25) is 4.79 Å². The number of nitrogens with one attached hydrogen (secondary N) is 2. The first-order chi connectivity index (χ1) is 10.5. The molecule has 0 saturated carbocycles. The molecule has 0 unspecified atom stereocenters. The highest BCUT2D eigenvalue weighted by molar-refractivity contribution is 7.89. The summed E-state index contributed by atoms with van der Waals surface area (Å²) in [4.78, 5) is 12.1. The van der Waals surface area contributed by atoms with Crippen LogP contribution in [0.25, 0.3) is 0 Å². The number of aromatic amines is 1. The van der Waals surface area contributed by atoms with Gasteiger partial charge in [0.2, 0.25) is 15.9 Å². The Balaban J connectivity index is 1.82. The largest absolute Gasteiger partial charge is 0.355 e. The topological polar surface area (TPSA) is 108 Å². The van der Waals surface area contributed by atoms with E-state index in [1.54, 1.807) is 13.8 Å². The molecule has 2 rings (SSSR count). The van der Waals surface area contributed by atoms with Crippen LogP contribution in [-0.2, 0) is 27.7 Å². The van der Waals surface area contributed by atoms with Crippen LogP contribution in [0.2, 0.25) is 0 Å². The summed E-state index contributed by atoms with van der Waals surface area (Å²) < 4.78 is 25.5. The quantitative estimate of drug-likeness (QED) is 0.714. The van der Waals surface area contributed by atoms with Gasteiger partial charge in [-0.2, -0.15) is 15.4 Å². The van der Waals surface area contributed by atoms with Crippen LogP contribution in [0.4, 0.5) is 0 Å². The Kier molecular flexibility index (Phi) is 5.52. The molecule has 0 aliphatic heterocycles. The molecule has 124 valence electrons. The lowest BCUT2D eigenvalue weighted by Gasteiger charge is -2.21. The molecule has 1 aromatic heterocycles. The minimum atomic E-state index is -3.30. The summed E-state index contributed by atoms with van der Waals surface area (Å²) in [5, 5.41) is 13.4. The Morgan fingerprint density at radius 1 is 1.32 bits per heavy atom. The van der Waals surface area contributed by atoms with Crippen LogP contribution in [0.1, 0.15) is 31.7 Å². The van der Waals surface area contributed by atoms with E-state index in [0.29, 0.717) is 25.9 Å². The van der Waals surface area contributed by atoms with Crippen LogP contribution < -0.4 is 5.32 Å². The molecular weight excluding hydrogens is 306 g/mol. The van der Waals surface area contributed by atoms with Gasteiger partial charge in [0.05, 0.1) is 17.1 Å². The molecule has 0 spiro atoms. The molecular formula is C13H23N5O3S. The maximum atomic E-state index is 12.1. The van der Waals surface area contributed by atoms with Crippen molar-refractivity contribution in [3.63, 3.8) is 0 Å². The van der Waals surface area contributed by atoms with E-state index in [-0.39, 0.29) is 24.1 Å². The van der Waals surface area contributed by atoms with E-state index in [1.165, 1.54) is 4.31 Å². The number of hydrogen-bond donors (Lipinski definition) is 2. The third-order valence-electron chi connectivity index (χ3n) is 4.00. The van der Waals surface area contributed by atoms with Gasteiger partial charge in [-0.15, -0.1) is 0 Å². The Hall–Kier alpha value is -1.48. The summed E-state index contributed by atoms with van der Waals surface area (Å²) in [6.07, 6.45) is 2.00. The molecule has 0 saturated heterocycles. The van der Waals surface area contributed by atoms with Gasteiger partial charge in [0.25, 0.3) is 0 Å². The third kappa shape index (κ3) is 3.83. The van der Waals surface area contributed by atoms with Gasteiger partial charge in [0.1, 0.15) is 0 Å². The summed E-state index contributed by atoms with van der Waals surface area (Å²) in [6, 6.07) is 0. The van der Waals surface area contributed by atoms with Gasteiger partial charge in [-0.25, -0.2) is 12.7 Å². The van der Waals surface area contributed by atoms with Crippen molar-refractivity contribution in [1.29, 1.82) is 0 Å². The number of aromatic nitrogens is 3. The van der Waals surface area contributed by atoms with E-state index >= 15 is 0 Å². The second-order valence-electron chi connectivity index (χ2n) is 5.35. The lowest BCUT2D eigenvalue weighted by atomic mass is 9.89. The van der Waals surface area contributed by atoms with Crippen LogP contribution in [0.15, 0.2) is 0 Å². The smallest absolute Gasteiger partial charge is 0.223 e. The van der Waals surface area contributed by atoms with E-state index < -0.39 is 10.0 Å². The van der Waals surface area contributed by atoms with Gasteiger partial charge in [0.15, 0.2) is 0 Å². The molecule has 0 fully saturated rings. The molecule has 1 atom stereocenters. The fourth-order valence-corrected chi connectivity index (χ4v) is 4.11. The fraction of sp³-hybridized carbons (Fsp3) is 0.769. The standard InChI is InChI=1S/C13H23N5O3S/c1-3-18(4-2)22(20,21)8-7-14-13(19)10-5-6-11-12(9-10)16-17-15-11/h10H,3-9H2,1-2H3,(H,14,19)(H,15,16,17)/t10-/m0/s1. The van der Waals surface area contributed by atoms with Gasteiger partial charge in [-0.1, -0.05) is 13.8 Å². The molecule has 0 radical (unpaired) electrons. The first-order valence-corrected chi connectivity index (χ1v) is 9.22. The minimum Gasteiger partial charge on any atom is -0.355 e. The van der Waals surface area contributed by atoms with E-state index in [4.69, 9.17) is 0 Å². The highest BCUT2D eigenvalue weighted by Crippen LogP contribution is 2.22. The normalized spacial score (nSPS) is 18.2. The van der Waals surface area contributed by atoms with Crippen molar-refractivity contribution in [3.05, 3.63) is 11.4 Å². The second-order valence-corrected chi connectivity index (χ2v) is 7.44. The summed E-state index contributed by atoms with van der Waals surface area (Å²) in [5.74, 6) is -0.334. The highest BCUT2D eigenvalue weighted by atomic mass is 32.2. The Labute approximate surface area is 130 Å². The zero-order valence-electron chi connectivity index (χ0n) is 13.0. The maximum Gasteiger partial charge on any atom is 0.223 e. The number of nitrogens with zero attached hydrogens (tertiary/aromatic N) is 3. The van der Waals surface area contributed by atoms with Crippen molar-refractivity contribution in [2.24, 2.45) is 5.92 Å². The lowest BCUT2D eigenvalue weighted by molar-refractivity contribution is -0.125. The summed E-state index contributed by atoms with van der Waals surface area (Å²) in [5.41, 5.74) is 1.76. The van der Waals surface area contributed by atoms with Crippen LogP contribution in [0.5, 0.6) is 0 Å². The molecule has 1 amide bonds. The minimum absolute atomic E-state index is 0.0671. The van der Waals surface area contributed by atoms with Gasteiger partial charge < -0.3 is 5.32 Å². The molecule has 0 bridgehead atoms. The number of aryl methyl sites for hydroxylation is 1. The molecule has 8 nitrogen and oxygen atoms in total. The number of amides is 1. The number of carbonyl (C=O) groups is 1. The number of carbonyl (C=O) groups excluding carboxylic acids is 1. The summed E-state index contributed by atoms with van der Waals surface area (Å²) >= 11 is 0. The highest BCUT2D eigenvalue weighted by Gasteiger charge is 2.27. The first kappa shape index (κ1) is 16.9. The van der Waals surface area contributed by atoms with Crippen LogP contribution >= 0.6 is 0 Å². The predicted octanol–water partition coefficient (Wildman–Crippen LogP) is -0.303. The molecule has 2 N–H and O–H groups in total. The van der Waals surface area contributed by atoms with Crippen LogP contribution in [-0.4, -0.2) is 59.4 Å². The molecule has 22 heavy (non-hydrogen) atoms. The number of sulfonamides is 1. The van der Waals surface area contributed by atoms with Crippen molar-refractivity contribution in [3.8, 4) is 0 Å². The van der Waals surface area contributed by atoms with E-state index in [2.05, 4.69) is 20.7 Å². The fourth-order valence-electron chi connectivity index (χ4n) is 2.70. The molecule has 1 aliphatic rings. The maximum absolute atomic E-state index is 12.1. The van der Waals surface area contributed by atoms with Gasteiger partial charge in [-0.05, 0) is 12.8 Å². The van der Waals surface area contributed by atoms with Crippen molar-refractivity contribution in [1.82, 2.24) is 25.0 Å². The number of fused-ring (bicyclic) bond motifs is 1. The summed E-state index contributed by atoms with van der Waals surface area (Å²) in [6.45, 7) is 4.64. The molecule has 1 heterocycles. The van der Waals surface area contributed by atoms with Gasteiger partial charge in [0, 0.05) is 32.0 Å². The number of hydrogen-bond acceptors (Lipinski definition) is 5. The van der Waals surface area contributed by atoms with Gasteiger partial charge >= 0.3 is 0 Å². The summed E-state index contributed by atoms with van der Waals surface area (Å²) in [7, 11) is -3.30. The average molecular weight is 329 g/mol. The second kappa shape index (κ2) is 7.19. The monoisotopic (exact) mass is 329 g/mol. The van der Waals surface area contributed by atoms with Crippen molar-refractivity contribution in [2.75, 3.05) is 25.4 Å². The Morgan fingerprint density at radius 3 is 2.68 bits per heavy atom. The zero-order valence-corrected chi connectivity index (χ0v) is 13.8. The molecule has 0 aromatic carbocycles. The molecule has 1 aromatic rings. The van der Waals surface area contributed by atoms with Crippen molar-refractivity contribution in [2.45, 2.75) is 33.1 Å². The SMILES string of the molecule is CCN(CC)S(=O)(=O)CCNC(=O)[C@H]1CCc2n[nH]nc2C1. The molecule has 9 heteroatoms. The predicted molar refractivity (Wildman–Crippen MR) is 81.6 cm³/mol. The molecule has 1 aliphatic carbocycles. The Morgan fingerprint density at radius 2 is 2.00 bits per heavy atom. The van der Waals surface area contributed by atoms with Crippen LogP contribution in [0.3, 0.4) is 0 Å². The van der Waals surface area contributed by atoms with E-state index in [1.807, 2.05) is 0 Å². The third-order valence-corrected chi connectivity index (χ3v) is 6.02.